The monoisotopic (exact) mass is 500 g/mol. The van der Waals surface area contributed by atoms with Gasteiger partial charge in [-0.3, -0.25) is 19.3 Å². The molecule has 3 amide bonds. The third-order valence-electron chi connectivity index (χ3n) is 8.28. The summed E-state index contributed by atoms with van der Waals surface area (Å²) in [7, 11) is 1.56. The molecule has 6 atom stereocenters. The first kappa shape index (κ1) is 25.1. The van der Waals surface area contributed by atoms with Gasteiger partial charge in [0, 0.05) is 33.2 Å². The van der Waals surface area contributed by atoms with Crippen molar-refractivity contribution in [3.8, 4) is 0 Å². The second kappa shape index (κ2) is 10.5. The quantitative estimate of drug-likeness (QED) is 0.404. The van der Waals surface area contributed by atoms with E-state index in [1.165, 1.54) is 4.90 Å². The molecule has 4 heterocycles. The number of likely N-dealkylation sites (tertiary alicyclic amines) is 1. The smallest absolute Gasteiger partial charge is 0.245 e. The number of benzene rings is 1. The highest BCUT2D eigenvalue weighted by molar-refractivity contribution is 5.99. The van der Waals surface area contributed by atoms with Crippen LogP contribution in [0.25, 0.3) is 0 Å². The molecule has 1 aromatic carbocycles. The molecule has 2 bridgehead atoms. The van der Waals surface area contributed by atoms with Crippen molar-refractivity contribution in [2.24, 2.45) is 11.8 Å². The minimum absolute atomic E-state index is 0.239. The molecule has 1 spiro atoms. The van der Waals surface area contributed by atoms with E-state index in [1.54, 1.807) is 7.05 Å². The highest BCUT2D eigenvalue weighted by Crippen LogP contribution is 2.58. The maximum Gasteiger partial charge on any atom is 0.245 e. The lowest BCUT2D eigenvalue weighted by Crippen LogP contribution is -2.59. The van der Waals surface area contributed by atoms with E-state index in [-0.39, 0.29) is 30.4 Å². The Balaban J connectivity index is 1.42. The van der Waals surface area contributed by atoms with Crippen LogP contribution in [0, 0.1) is 11.8 Å². The SMILES string of the molecule is CNC(=O)[C@@H]1[C@H]2C(=O)N([C@@H](CO)Cc3ccccc3)C(C(=O)NCCN3CCOCC3)C23CC[C@H]1O3. The van der Waals surface area contributed by atoms with Gasteiger partial charge in [0.25, 0.3) is 0 Å². The number of nitrogens with one attached hydrogen (secondary N) is 2. The Morgan fingerprint density at radius 3 is 2.64 bits per heavy atom. The molecule has 4 saturated heterocycles. The van der Waals surface area contributed by atoms with Gasteiger partial charge in [-0.05, 0) is 24.8 Å². The summed E-state index contributed by atoms with van der Waals surface area (Å²) < 4.78 is 11.8. The number of carbonyl (C=O) groups is 3. The molecule has 0 aromatic heterocycles. The Labute approximate surface area is 211 Å². The van der Waals surface area contributed by atoms with E-state index in [0.29, 0.717) is 45.6 Å². The van der Waals surface area contributed by atoms with Gasteiger partial charge >= 0.3 is 0 Å². The van der Waals surface area contributed by atoms with Crippen LogP contribution < -0.4 is 10.6 Å². The summed E-state index contributed by atoms with van der Waals surface area (Å²) in [5.41, 5.74) is -0.107. The summed E-state index contributed by atoms with van der Waals surface area (Å²) in [4.78, 5) is 44.3. The number of ether oxygens (including phenoxy) is 2. The molecule has 0 radical (unpaired) electrons. The molecule has 4 fully saturated rings. The van der Waals surface area contributed by atoms with Crippen molar-refractivity contribution in [3.63, 3.8) is 0 Å². The van der Waals surface area contributed by atoms with Crippen LogP contribution in [0.3, 0.4) is 0 Å². The van der Waals surface area contributed by atoms with Gasteiger partial charge in [0.1, 0.15) is 11.6 Å². The van der Waals surface area contributed by atoms with E-state index in [1.807, 2.05) is 30.3 Å². The molecule has 10 nitrogen and oxygen atoms in total. The second-order valence-corrected chi connectivity index (χ2v) is 10.2. The summed E-state index contributed by atoms with van der Waals surface area (Å²) in [5.74, 6) is -2.19. The van der Waals surface area contributed by atoms with Gasteiger partial charge in [-0.25, -0.2) is 0 Å². The molecule has 4 aliphatic heterocycles. The van der Waals surface area contributed by atoms with Gasteiger partial charge in [0.2, 0.25) is 17.7 Å². The number of hydrogen-bond donors (Lipinski definition) is 3. The largest absolute Gasteiger partial charge is 0.394 e. The lowest BCUT2D eigenvalue weighted by Gasteiger charge is -2.37. The van der Waals surface area contributed by atoms with Crippen LogP contribution in [0.4, 0.5) is 0 Å². The Bertz CT molecular complexity index is 970. The van der Waals surface area contributed by atoms with E-state index in [0.717, 1.165) is 18.7 Å². The van der Waals surface area contributed by atoms with E-state index < -0.39 is 29.5 Å². The molecule has 196 valence electrons. The van der Waals surface area contributed by atoms with E-state index >= 15 is 0 Å². The Kier molecular flexibility index (Phi) is 7.30. The zero-order valence-corrected chi connectivity index (χ0v) is 20.7. The number of rotatable bonds is 9. The minimum Gasteiger partial charge on any atom is -0.394 e. The fourth-order valence-electron chi connectivity index (χ4n) is 6.65. The average Bonchev–Trinajstić information content (AvgIpc) is 3.55. The zero-order chi connectivity index (χ0) is 25.3. The van der Waals surface area contributed by atoms with Crippen molar-refractivity contribution in [2.75, 3.05) is 53.0 Å². The summed E-state index contributed by atoms with van der Waals surface area (Å²) >= 11 is 0. The first-order valence-electron chi connectivity index (χ1n) is 12.9. The highest BCUT2D eigenvalue weighted by atomic mass is 16.5. The van der Waals surface area contributed by atoms with Crippen molar-refractivity contribution < 1.29 is 29.0 Å². The van der Waals surface area contributed by atoms with Gasteiger partial charge < -0.3 is 30.1 Å². The van der Waals surface area contributed by atoms with Crippen molar-refractivity contribution in [3.05, 3.63) is 35.9 Å². The van der Waals surface area contributed by atoms with E-state index in [4.69, 9.17) is 9.47 Å². The number of morpholine rings is 1. The number of aliphatic hydroxyl groups excluding tert-OH is 1. The number of fused-ring (bicyclic) bond motifs is 1. The fraction of sp³-hybridized carbons (Fsp3) is 0.654. The highest BCUT2D eigenvalue weighted by Gasteiger charge is 2.74. The van der Waals surface area contributed by atoms with Gasteiger partial charge in [0.05, 0.1) is 43.8 Å². The molecule has 4 aliphatic rings. The maximum absolute atomic E-state index is 14.0. The topological polar surface area (TPSA) is 120 Å². The number of amides is 3. The van der Waals surface area contributed by atoms with Crippen molar-refractivity contribution in [2.45, 2.75) is 43.1 Å². The number of carbonyl (C=O) groups excluding carboxylic acids is 3. The summed E-state index contributed by atoms with van der Waals surface area (Å²) in [6, 6.07) is 8.09. The number of hydrogen-bond acceptors (Lipinski definition) is 7. The molecule has 10 heteroatoms. The Morgan fingerprint density at radius 2 is 1.94 bits per heavy atom. The third-order valence-corrected chi connectivity index (χ3v) is 8.28. The van der Waals surface area contributed by atoms with Crippen LogP contribution in [-0.4, -0.2) is 109 Å². The normalized spacial score (nSPS) is 32.4. The first-order chi connectivity index (χ1) is 17.5. The van der Waals surface area contributed by atoms with Crippen LogP contribution in [0.5, 0.6) is 0 Å². The number of aliphatic hydroxyl groups is 1. The van der Waals surface area contributed by atoms with E-state index in [9.17, 15) is 19.5 Å². The molecular weight excluding hydrogens is 464 g/mol. The lowest BCUT2D eigenvalue weighted by molar-refractivity contribution is -0.145. The van der Waals surface area contributed by atoms with Crippen LogP contribution >= 0.6 is 0 Å². The van der Waals surface area contributed by atoms with Crippen LogP contribution in [0.1, 0.15) is 18.4 Å². The van der Waals surface area contributed by atoms with Crippen LogP contribution in [-0.2, 0) is 30.3 Å². The van der Waals surface area contributed by atoms with Gasteiger partial charge in [0.15, 0.2) is 0 Å². The van der Waals surface area contributed by atoms with Gasteiger partial charge in [-0.2, -0.15) is 0 Å². The van der Waals surface area contributed by atoms with Crippen molar-refractivity contribution >= 4 is 17.7 Å². The molecular formula is C26H36N4O6. The van der Waals surface area contributed by atoms with Crippen molar-refractivity contribution in [1.82, 2.24) is 20.4 Å². The predicted octanol–water partition coefficient (Wildman–Crippen LogP) is -0.841. The molecule has 36 heavy (non-hydrogen) atoms. The van der Waals surface area contributed by atoms with Gasteiger partial charge in [-0.1, -0.05) is 30.3 Å². The Hall–Kier alpha value is -2.53. The van der Waals surface area contributed by atoms with Crippen molar-refractivity contribution in [1.29, 1.82) is 0 Å². The van der Waals surface area contributed by atoms with Gasteiger partial charge in [-0.15, -0.1) is 0 Å². The minimum atomic E-state index is -1.06. The molecule has 2 unspecified atom stereocenters. The second-order valence-electron chi connectivity index (χ2n) is 10.2. The van der Waals surface area contributed by atoms with Crippen LogP contribution in [0.2, 0.25) is 0 Å². The lowest BCUT2D eigenvalue weighted by atomic mass is 9.70. The zero-order valence-electron chi connectivity index (χ0n) is 20.7. The average molecular weight is 501 g/mol. The molecule has 5 rings (SSSR count). The van der Waals surface area contributed by atoms with E-state index in [2.05, 4.69) is 15.5 Å². The first-order valence-corrected chi connectivity index (χ1v) is 12.9. The summed E-state index contributed by atoms with van der Waals surface area (Å²) in [6.45, 7) is 3.81. The molecule has 0 saturated carbocycles. The molecule has 0 aliphatic carbocycles. The number of nitrogens with zero attached hydrogens (tertiary/aromatic N) is 2. The molecule has 3 N–H and O–H groups in total. The standard InChI is InChI=1S/C26H36N4O6/c1-27-23(32)20-19-7-8-26(36-19)21(20)25(34)30(18(16-31)15-17-5-3-2-4-6-17)22(26)24(33)28-9-10-29-11-13-35-14-12-29/h2-6,18-22,31H,7-16H2,1H3,(H,27,32)(H,28,33)/t18-,19-,20+,21+,22?,26?/m1/s1. The summed E-state index contributed by atoms with van der Waals surface area (Å²) in [5, 5.41) is 16.1. The third kappa shape index (κ3) is 4.30. The van der Waals surface area contributed by atoms with Crippen LogP contribution in [0.15, 0.2) is 30.3 Å². The maximum atomic E-state index is 14.0. The Morgan fingerprint density at radius 1 is 1.19 bits per heavy atom. The molecule has 1 aromatic rings. The predicted molar refractivity (Wildman–Crippen MR) is 130 cm³/mol. The fourth-order valence-corrected chi connectivity index (χ4v) is 6.65. The summed E-state index contributed by atoms with van der Waals surface area (Å²) in [6.07, 6.45) is 1.17.